The summed E-state index contributed by atoms with van der Waals surface area (Å²) in [6.07, 6.45) is 1.23. The maximum absolute atomic E-state index is 10.8. The van der Waals surface area contributed by atoms with Crippen molar-refractivity contribution in [1.82, 2.24) is 10.3 Å². The monoisotopic (exact) mass is 213 g/mol. The molecule has 0 saturated carbocycles. The summed E-state index contributed by atoms with van der Waals surface area (Å²) in [5.74, 6) is 0. The highest BCUT2D eigenvalue weighted by Gasteiger charge is 2.26. The van der Waals surface area contributed by atoms with Crippen molar-refractivity contribution in [3.05, 3.63) is 11.1 Å². The molecule has 0 aromatic carbocycles. The van der Waals surface area contributed by atoms with Crippen LogP contribution < -0.4 is 10.2 Å². The fraction of sp³-hybridized carbons (Fsp3) is 0.500. The quantitative estimate of drug-likeness (QED) is 0.796. The highest BCUT2D eigenvalue weighted by molar-refractivity contribution is 7.15. The van der Waals surface area contributed by atoms with E-state index in [1.165, 1.54) is 11.3 Å². The second-order valence-corrected chi connectivity index (χ2v) is 4.26. The Bertz CT molecular complexity index is 350. The zero-order valence-corrected chi connectivity index (χ0v) is 8.80. The molecular weight excluding hydrogens is 202 g/mol. The summed E-state index contributed by atoms with van der Waals surface area (Å²) in [6.45, 7) is 0.536. The number of carbonyl (C=O) groups is 1. The number of alkyl carbamates (subject to hydrolysis) is 1. The van der Waals surface area contributed by atoms with E-state index >= 15 is 0 Å². The van der Waals surface area contributed by atoms with E-state index in [-0.39, 0.29) is 12.2 Å². The van der Waals surface area contributed by atoms with Crippen molar-refractivity contribution in [2.45, 2.75) is 6.10 Å². The van der Waals surface area contributed by atoms with Crippen molar-refractivity contribution >= 4 is 22.6 Å². The molecule has 1 aromatic rings. The van der Waals surface area contributed by atoms with Gasteiger partial charge in [-0.15, -0.1) is 0 Å². The van der Waals surface area contributed by atoms with Crippen LogP contribution in [-0.2, 0) is 4.74 Å². The molecule has 0 radical (unpaired) electrons. The number of nitrogens with zero attached hydrogens (tertiary/aromatic N) is 2. The van der Waals surface area contributed by atoms with Crippen LogP contribution in [0.2, 0.25) is 0 Å². The molecular formula is C8H11N3O2S. The molecule has 1 fully saturated rings. The predicted molar refractivity (Wildman–Crippen MR) is 53.7 cm³/mol. The normalized spacial score (nSPS) is 20.4. The molecule has 2 rings (SSSR count). The van der Waals surface area contributed by atoms with Crippen LogP contribution in [0, 0.1) is 0 Å². The van der Waals surface area contributed by atoms with Gasteiger partial charge >= 0.3 is 6.09 Å². The molecule has 1 saturated heterocycles. The molecule has 2 heterocycles. The van der Waals surface area contributed by atoms with Gasteiger partial charge in [0.05, 0.1) is 11.4 Å². The molecule has 1 amide bonds. The largest absolute Gasteiger partial charge is 0.439 e. The van der Waals surface area contributed by atoms with Crippen molar-refractivity contribution in [1.29, 1.82) is 0 Å². The molecule has 1 N–H and O–H groups in total. The van der Waals surface area contributed by atoms with Crippen molar-refractivity contribution in [3.8, 4) is 0 Å². The Balaban J connectivity index is 2.13. The first-order chi connectivity index (χ1) is 6.66. The van der Waals surface area contributed by atoms with E-state index in [0.717, 1.165) is 10.0 Å². The number of anilines is 1. The highest BCUT2D eigenvalue weighted by Crippen LogP contribution is 2.29. The molecule has 76 valence electrons. The molecule has 1 unspecified atom stereocenters. The Kier molecular flexibility index (Phi) is 2.28. The van der Waals surface area contributed by atoms with E-state index in [0.29, 0.717) is 6.54 Å². The van der Waals surface area contributed by atoms with E-state index in [4.69, 9.17) is 4.74 Å². The number of carbonyl (C=O) groups excluding carboxylic acids is 1. The van der Waals surface area contributed by atoms with Gasteiger partial charge in [0, 0.05) is 20.3 Å². The van der Waals surface area contributed by atoms with Gasteiger partial charge in [0.2, 0.25) is 0 Å². The highest BCUT2D eigenvalue weighted by atomic mass is 32.1. The van der Waals surface area contributed by atoms with Crippen molar-refractivity contribution in [3.63, 3.8) is 0 Å². The van der Waals surface area contributed by atoms with E-state index in [1.54, 1.807) is 6.20 Å². The number of amides is 1. The Morgan fingerprint density at radius 1 is 1.71 bits per heavy atom. The standard InChI is InChI=1S/C8H11N3O2S/c1-11(2)7-9-4-6(14-7)5-3-10-8(12)13-5/h4-5H,3H2,1-2H3,(H,10,12). The van der Waals surface area contributed by atoms with Gasteiger partial charge in [-0.25, -0.2) is 9.78 Å². The molecule has 0 bridgehead atoms. The van der Waals surface area contributed by atoms with E-state index in [2.05, 4.69) is 10.3 Å². The number of hydrogen-bond acceptors (Lipinski definition) is 5. The lowest BCUT2D eigenvalue weighted by Gasteiger charge is -2.06. The number of cyclic esters (lactones) is 1. The lowest BCUT2D eigenvalue weighted by Crippen LogP contribution is -2.12. The van der Waals surface area contributed by atoms with Gasteiger partial charge < -0.3 is 15.0 Å². The molecule has 1 atom stereocenters. The lowest BCUT2D eigenvalue weighted by molar-refractivity contribution is 0.142. The summed E-state index contributed by atoms with van der Waals surface area (Å²) in [7, 11) is 3.86. The van der Waals surface area contributed by atoms with Gasteiger partial charge in [0.25, 0.3) is 0 Å². The Hall–Kier alpha value is -1.30. The third-order valence-corrected chi connectivity index (χ3v) is 3.15. The summed E-state index contributed by atoms with van der Waals surface area (Å²) in [6, 6.07) is 0. The number of ether oxygens (including phenoxy) is 1. The van der Waals surface area contributed by atoms with Crippen LogP contribution in [0.4, 0.5) is 9.93 Å². The molecule has 0 spiro atoms. The first-order valence-corrected chi connectivity index (χ1v) is 5.06. The molecule has 0 aliphatic carbocycles. The zero-order valence-electron chi connectivity index (χ0n) is 7.98. The van der Waals surface area contributed by atoms with Gasteiger partial charge in [0.1, 0.15) is 0 Å². The van der Waals surface area contributed by atoms with E-state index in [1.807, 2.05) is 19.0 Å². The van der Waals surface area contributed by atoms with Crippen molar-refractivity contribution in [2.75, 3.05) is 25.5 Å². The fourth-order valence-corrected chi connectivity index (χ4v) is 2.05. The number of nitrogens with one attached hydrogen (secondary N) is 1. The van der Waals surface area contributed by atoms with Gasteiger partial charge in [-0.3, -0.25) is 0 Å². The first-order valence-electron chi connectivity index (χ1n) is 4.24. The number of aromatic nitrogens is 1. The number of thiazole rings is 1. The summed E-state index contributed by atoms with van der Waals surface area (Å²) in [5.41, 5.74) is 0. The van der Waals surface area contributed by atoms with Gasteiger partial charge in [0.15, 0.2) is 11.2 Å². The van der Waals surface area contributed by atoms with Crippen LogP contribution in [0.3, 0.4) is 0 Å². The SMILES string of the molecule is CN(C)c1ncc(C2CNC(=O)O2)s1. The maximum atomic E-state index is 10.8. The number of hydrogen-bond donors (Lipinski definition) is 1. The Morgan fingerprint density at radius 2 is 2.50 bits per heavy atom. The molecule has 5 nitrogen and oxygen atoms in total. The van der Waals surface area contributed by atoms with Crippen molar-refractivity contribution in [2.24, 2.45) is 0 Å². The molecule has 6 heteroatoms. The van der Waals surface area contributed by atoms with E-state index in [9.17, 15) is 4.79 Å². The fourth-order valence-electron chi connectivity index (χ4n) is 1.18. The van der Waals surface area contributed by atoms with E-state index < -0.39 is 0 Å². The van der Waals surface area contributed by atoms with Crippen LogP contribution >= 0.6 is 11.3 Å². The zero-order chi connectivity index (χ0) is 10.1. The molecule has 1 aliphatic heterocycles. The van der Waals surface area contributed by atoms with Gasteiger partial charge in [-0.2, -0.15) is 0 Å². The average molecular weight is 213 g/mol. The summed E-state index contributed by atoms with van der Waals surface area (Å²) in [4.78, 5) is 17.9. The second-order valence-electron chi connectivity index (χ2n) is 3.21. The molecule has 14 heavy (non-hydrogen) atoms. The topological polar surface area (TPSA) is 54.5 Å². The van der Waals surface area contributed by atoms with Crippen LogP contribution in [-0.4, -0.2) is 31.7 Å². The average Bonchev–Trinajstić information content (AvgIpc) is 2.70. The third kappa shape index (κ3) is 1.65. The maximum Gasteiger partial charge on any atom is 0.407 e. The molecule has 1 aliphatic rings. The predicted octanol–water partition coefficient (Wildman–Crippen LogP) is 0.990. The lowest BCUT2D eigenvalue weighted by atomic mass is 10.3. The minimum absolute atomic E-state index is 0.173. The minimum atomic E-state index is -0.352. The summed E-state index contributed by atoms with van der Waals surface area (Å²) < 4.78 is 5.04. The number of rotatable bonds is 2. The first kappa shape index (κ1) is 9.26. The third-order valence-electron chi connectivity index (χ3n) is 1.89. The van der Waals surface area contributed by atoms with Crippen LogP contribution in [0.1, 0.15) is 11.0 Å². The Morgan fingerprint density at radius 3 is 3.00 bits per heavy atom. The summed E-state index contributed by atoms with van der Waals surface area (Å²) >= 11 is 1.54. The smallest absolute Gasteiger partial charge is 0.407 e. The summed E-state index contributed by atoms with van der Waals surface area (Å²) in [5, 5.41) is 3.53. The van der Waals surface area contributed by atoms with Crippen LogP contribution in [0.5, 0.6) is 0 Å². The van der Waals surface area contributed by atoms with Gasteiger partial charge in [-0.1, -0.05) is 11.3 Å². The van der Waals surface area contributed by atoms with Gasteiger partial charge in [-0.05, 0) is 0 Å². The minimum Gasteiger partial charge on any atom is -0.439 e. The Labute approximate surface area is 85.7 Å². The van der Waals surface area contributed by atoms with Crippen LogP contribution in [0.15, 0.2) is 6.20 Å². The second kappa shape index (κ2) is 3.45. The molecule has 1 aromatic heterocycles. The van der Waals surface area contributed by atoms with Crippen molar-refractivity contribution < 1.29 is 9.53 Å². The van der Waals surface area contributed by atoms with Crippen LogP contribution in [0.25, 0.3) is 0 Å².